The number of fused-ring (bicyclic) bond motifs is 1. The van der Waals surface area contributed by atoms with Gasteiger partial charge in [-0.15, -0.1) is 0 Å². The summed E-state index contributed by atoms with van der Waals surface area (Å²) in [7, 11) is 0. The van der Waals surface area contributed by atoms with Gasteiger partial charge in [0.2, 0.25) is 0 Å². The van der Waals surface area contributed by atoms with E-state index in [2.05, 4.69) is 0 Å². The summed E-state index contributed by atoms with van der Waals surface area (Å²) in [5.41, 5.74) is 6.33. The van der Waals surface area contributed by atoms with Crippen molar-refractivity contribution in [3.05, 3.63) is 23.7 Å². The van der Waals surface area contributed by atoms with Crippen molar-refractivity contribution in [1.82, 2.24) is 0 Å². The molecule has 0 unspecified atom stereocenters. The van der Waals surface area contributed by atoms with Gasteiger partial charge < -0.3 is 10.2 Å². The average Bonchev–Trinajstić information content (AvgIpc) is 2.50. The molecule has 14 heavy (non-hydrogen) atoms. The molecule has 2 N–H and O–H groups in total. The van der Waals surface area contributed by atoms with Gasteiger partial charge in [-0.2, -0.15) is 13.2 Å². The van der Waals surface area contributed by atoms with Crippen LogP contribution in [0.15, 0.2) is 16.7 Å². The fourth-order valence-corrected chi connectivity index (χ4v) is 1.84. The Hall–Kier alpha value is -0.970. The van der Waals surface area contributed by atoms with Gasteiger partial charge in [0.05, 0.1) is 12.2 Å². The Labute approximate surface area is 78.9 Å². The number of hydrogen-bond donors (Lipinski definition) is 1. The number of halogens is 3. The van der Waals surface area contributed by atoms with Gasteiger partial charge in [-0.3, -0.25) is 0 Å². The van der Waals surface area contributed by atoms with Crippen molar-refractivity contribution in [2.24, 2.45) is 11.7 Å². The van der Waals surface area contributed by atoms with Gasteiger partial charge in [-0.05, 0) is 12.5 Å². The second-order valence-corrected chi connectivity index (χ2v) is 3.58. The summed E-state index contributed by atoms with van der Waals surface area (Å²) in [5, 5.41) is 0. The van der Waals surface area contributed by atoms with E-state index in [1.54, 1.807) is 6.07 Å². The molecular weight excluding hydrogens is 195 g/mol. The first kappa shape index (κ1) is 9.58. The summed E-state index contributed by atoms with van der Waals surface area (Å²) in [5.74, 6) is -0.984. The predicted molar refractivity (Wildman–Crippen MR) is 43.5 cm³/mol. The number of nitrogens with two attached hydrogens (primary N) is 1. The third-order valence-corrected chi connectivity index (χ3v) is 2.61. The molecule has 2 nitrogen and oxygen atoms in total. The zero-order valence-electron chi connectivity index (χ0n) is 7.34. The summed E-state index contributed by atoms with van der Waals surface area (Å²) < 4.78 is 42.2. The molecule has 0 amide bonds. The molecular formula is C9H10F3NO. The monoisotopic (exact) mass is 205 g/mol. The normalized spacial score (nSPS) is 27.4. The molecule has 1 heterocycles. The van der Waals surface area contributed by atoms with E-state index in [-0.39, 0.29) is 12.8 Å². The smallest absolute Gasteiger partial charge is 0.392 e. The van der Waals surface area contributed by atoms with Crippen LogP contribution < -0.4 is 5.73 Å². The minimum absolute atomic E-state index is 0.0456. The van der Waals surface area contributed by atoms with E-state index < -0.39 is 18.1 Å². The van der Waals surface area contributed by atoms with Gasteiger partial charge in [0.25, 0.3) is 0 Å². The van der Waals surface area contributed by atoms with Gasteiger partial charge >= 0.3 is 6.18 Å². The van der Waals surface area contributed by atoms with Crippen LogP contribution in [0.2, 0.25) is 0 Å². The van der Waals surface area contributed by atoms with E-state index in [0.29, 0.717) is 11.3 Å². The summed E-state index contributed by atoms with van der Waals surface area (Å²) in [6.07, 6.45) is -2.92. The van der Waals surface area contributed by atoms with Crippen molar-refractivity contribution in [3.63, 3.8) is 0 Å². The minimum atomic E-state index is -4.18. The molecule has 0 bridgehead atoms. The summed E-state index contributed by atoms with van der Waals surface area (Å²) in [4.78, 5) is 0. The zero-order valence-corrected chi connectivity index (χ0v) is 7.34. The van der Waals surface area contributed by atoms with Crippen molar-refractivity contribution in [3.8, 4) is 0 Å². The molecule has 1 aliphatic carbocycles. The van der Waals surface area contributed by atoms with Gasteiger partial charge in [-0.1, -0.05) is 0 Å². The summed E-state index contributed by atoms with van der Waals surface area (Å²) in [6, 6.07) is 1.09. The quantitative estimate of drug-likeness (QED) is 0.706. The molecule has 2 atom stereocenters. The highest BCUT2D eigenvalue weighted by Gasteiger charge is 2.44. The van der Waals surface area contributed by atoms with Crippen LogP contribution >= 0.6 is 0 Å². The van der Waals surface area contributed by atoms with E-state index in [0.717, 1.165) is 0 Å². The Kier molecular flexibility index (Phi) is 2.06. The summed E-state index contributed by atoms with van der Waals surface area (Å²) in [6.45, 7) is 0. The third-order valence-electron chi connectivity index (χ3n) is 2.61. The van der Waals surface area contributed by atoms with Gasteiger partial charge in [-0.25, -0.2) is 0 Å². The molecule has 0 fully saturated rings. The molecule has 0 radical (unpaired) electrons. The molecule has 0 aliphatic heterocycles. The molecule has 0 saturated heterocycles. The van der Waals surface area contributed by atoms with Crippen molar-refractivity contribution in [2.75, 3.05) is 0 Å². The summed E-state index contributed by atoms with van der Waals surface area (Å²) >= 11 is 0. The van der Waals surface area contributed by atoms with Crippen LogP contribution in [-0.4, -0.2) is 6.18 Å². The van der Waals surface area contributed by atoms with Crippen LogP contribution in [0.3, 0.4) is 0 Å². The van der Waals surface area contributed by atoms with Crippen LogP contribution in [0.4, 0.5) is 13.2 Å². The Balaban J connectivity index is 2.26. The Bertz CT molecular complexity index is 331. The number of hydrogen-bond acceptors (Lipinski definition) is 2. The Morgan fingerprint density at radius 3 is 2.79 bits per heavy atom. The SMILES string of the molecule is N[C@H]1C[C@@H](C(F)(F)F)Cc2occc21. The molecule has 0 spiro atoms. The first-order valence-corrected chi connectivity index (χ1v) is 4.37. The Morgan fingerprint density at radius 2 is 2.14 bits per heavy atom. The minimum Gasteiger partial charge on any atom is -0.469 e. The standard InChI is InChI=1S/C9H10F3NO/c10-9(11,12)5-3-7(13)6-1-2-14-8(6)4-5/h1-2,5,7H,3-4,13H2/t5-,7+/m1/s1. The van der Waals surface area contributed by atoms with Crippen molar-refractivity contribution in [2.45, 2.75) is 25.1 Å². The predicted octanol–water partition coefficient (Wildman–Crippen LogP) is 2.40. The van der Waals surface area contributed by atoms with E-state index in [9.17, 15) is 13.2 Å². The average molecular weight is 205 g/mol. The second-order valence-electron chi connectivity index (χ2n) is 3.58. The van der Waals surface area contributed by atoms with E-state index in [1.807, 2.05) is 0 Å². The van der Waals surface area contributed by atoms with E-state index >= 15 is 0 Å². The van der Waals surface area contributed by atoms with Crippen LogP contribution in [0.5, 0.6) is 0 Å². The maximum Gasteiger partial charge on any atom is 0.392 e. The lowest BCUT2D eigenvalue weighted by atomic mass is 9.85. The highest BCUT2D eigenvalue weighted by atomic mass is 19.4. The van der Waals surface area contributed by atoms with Crippen LogP contribution in [0.25, 0.3) is 0 Å². The van der Waals surface area contributed by atoms with Crippen molar-refractivity contribution < 1.29 is 17.6 Å². The fraction of sp³-hybridized carbons (Fsp3) is 0.556. The molecule has 1 aromatic heterocycles. The number of alkyl halides is 3. The van der Waals surface area contributed by atoms with Crippen molar-refractivity contribution >= 4 is 0 Å². The fourth-order valence-electron chi connectivity index (χ4n) is 1.84. The van der Waals surface area contributed by atoms with Crippen molar-refractivity contribution in [1.29, 1.82) is 0 Å². The first-order valence-electron chi connectivity index (χ1n) is 4.37. The van der Waals surface area contributed by atoms with Crippen LogP contribution in [-0.2, 0) is 6.42 Å². The Morgan fingerprint density at radius 1 is 1.43 bits per heavy atom. The van der Waals surface area contributed by atoms with Gasteiger partial charge in [0.15, 0.2) is 0 Å². The lowest BCUT2D eigenvalue weighted by Crippen LogP contribution is -2.32. The van der Waals surface area contributed by atoms with Gasteiger partial charge in [0.1, 0.15) is 5.76 Å². The molecule has 2 rings (SSSR count). The maximum absolute atomic E-state index is 12.4. The third kappa shape index (κ3) is 1.52. The van der Waals surface area contributed by atoms with Gasteiger partial charge in [0, 0.05) is 18.0 Å². The molecule has 0 saturated carbocycles. The number of furan rings is 1. The highest BCUT2D eigenvalue weighted by Crippen LogP contribution is 2.40. The molecule has 1 aromatic rings. The molecule has 78 valence electrons. The second kappa shape index (κ2) is 3.02. The van der Waals surface area contributed by atoms with E-state index in [1.165, 1.54) is 6.26 Å². The maximum atomic E-state index is 12.4. The van der Waals surface area contributed by atoms with E-state index in [4.69, 9.17) is 10.2 Å². The highest BCUT2D eigenvalue weighted by molar-refractivity contribution is 5.24. The molecule has 1 aliphatic rings. The largest absolute Gasteiger partial charge is 0.469 e. The lowest BCUT2D eigenvalue weighted by Gasteiger charge is -2.27. The zero-order chi connectivity index (χ0) is 10.3. The van der Waals surface area contributed by atoms with Crippen LogP contribution in [0, 0.1) is 5.92 Å². The topological polar surface area (TPSA) is 39.2 Å². The van der Waals surface area contributed by atoms with Crippen LogP contribution in [0.1, 0.15) is 23.8 Å². The lowest BCUT2D eigenvalue weighted by molar-refractivity contribution is -0.179. The molecule has 5 heteroatoms. The number of rotatable bonds is 0. The first-order chi connectivity index (χ1) is 6.48. The molecule has 0 aromatic carbocycles.